The molecular weight excluding hydrogens is 1200 g/mol. The number of aryl methyl sites for hydroxylation is 2. The molecule has 1 saturated carbocycles. The third-order valence-electron chi connectivity index (χ3n) is 20.6. The van der Waals surface area contributed by atoms with Crippen LogP contribution in [-0.4, -0.2) is 157 Å². The standard InChI is InChI=1S/C26H34FN9O.C23H29F2N9.C15H22ClFN4/c1-15-20(13-26(2,3)35-11-5-6-21(15)35)30-23-19(27)14-28-24(31-23)29-17-9-10-18(16-7-8-16)22(12-17)36-25(37)34(4)32-33-36;1-13-18(11-23(3,4)33-9-5-6-19(13)33)28-21-17(25)12-26-22(29-21)27-15-7-8-16(24)20(10-15)34-14(2)30-31-32-34;1-9-11(19-13-10(17)8-18-14(16)20-13)7-15(2,3)21-6-4-5-12(9)21/h9-10,12,14-16,20-21H,5-8,11,13H2,1-4H3,(H2,28,29,30,31);7-8,10,12-13,18-19H,5-6,9,11H2,1-4H3,(H2,26,27,28,29);8-9,11-12H,4-7H2,1-3H3,(H,18,19,20). The normalized spacial score (nSPS) is 26.3. The molecule has 9 unspecified atom stereocenters. The molecule has 23 nitrogen and oxygen atoms in total. The third-order valence-corrected chi connectivity index (χ3v) is 20.8. The van der Waals surface area contributed by atoms with Gasteiger partial charge in [-0.3, -0.25) is 14.7 Å². The van der Waals surface area contributed by atoms with Crippen molar-refractivity contribution in [3.63, 3.8) is 0 Å². The van der Waals surface area contributed by atoms with E-state index in [4.69, 9.17) is 11.6 Å². The number of nitrogens with zero attached hydrogens (tertiary/aromatic N) is 17. The van der Waals surface area contributed by atoms with Gasteiger partial charge in [0.05, 0.1) is 24.3 Å². The predicted octanol–water partition coefficient (Wildman–Crippen LogP) is 10.8. The molecule has 7 fully saturated rings. The summed E-state index contributed by atoms with van der Waals surface area (Å²) in [6.45, 7) is 25.5. The molecular formula is C64H85ClF4N22O. The molecule has 6 aliphatic heterocycles. The maximum Gasteiger partial charge on any atom is 0.368 e. The van der Waals surface area contributed by atoms with E-state index in [1.165, 1.54) is 65.0 Å². The van der Waals surface area contributed by atoms with Gasteiger partial charge in [-0.1, -0.05) is 26.8 Å². The smallest absolute Gasteiger partial charge is 0.364 e. The van der Waals surface area contributed by atoms with Gasteiger partial charge in [-0.15, -0.1) is 5.10 Å². The summed E-state index contributed by atoms with van der Waals surface area (Å²) in [5.41, 5.74) is 3.04. The Hall–Kier alpha value is -7.49. The molecule has 6 saturated heterocycles. The molecule has 92 heavy (non-hydrogen) atoms. The van der Waals surface area contributed by atoms with Crippen molar-refractivity contribution in [3.8, 4) is 11.4 Å². The van der Waals surface area contributed by atoms with Crippen molar-refractivity contribution in [1.82, 2.24) is 84.6 Å². The largest absolute Gasteiger partial charge is 0.368 e. The van der Waals surface area contributed by atoms with E-state index in [9.17, 15) is 22.4 Å². The second kappa shape index (κ2) is 25.8. The van der Waals surface area contributed by atoms with Crippen molar-refractivity contribution in [1.29, 1.82) is 0 Å². The van der Waals surface area contributed by atoms with Crippen LogP contribution in [0.2, 0.25) is 5.28 Å². The summed E-state index contributed by atoms with van der Waals surface area (Å²) in [4.78, 5) is 45.2. The van der Waals surface area contributed by atoms with Gasteiger partial charge in [-0.25, -0.2) is 37.3 Å². The van der Waals surface area contributed by atoms with Crippen LogP contribution in [0.3, 0.4) is 0 Å². The van der Waals surface area contributed by atoms with Crippen molar-refractivity contribution in [2.75, 3.05) is 46.2 Å². The first-order valence-corrected chi connectivity index (χ1v) is 32.8. The summed E-state index contributed by atoms with van der Waals surface area (Å²) in [5, 5.41) is 35.4. The molecule has 0 radical (unpaired) electrons. The van der Waals surface area contributed by atoms with Gasteiger partial charge in [0.25, 0.3) is 0 Å². The van der Waals surface area contributed by atoms with Crippen molar-refractivity contribution in [3.05, 3.63) is 105 Å². The van der Waals surface area contributed by atoms with E-state index in [1.54, 1.807) is 26.1 Å². The van der Waals surface area contributed by atoms with Gasteiger partial charge < -0.3 is 26.6 Å². The van der Waals surface area contributed by atoms with Gasteiger partial charge in [0, 0.05) is 71.3 Å². The molecule has 7 aliphatic rings. The third kappa shape index (κ3) is 13.4. The fourth-order valence-electron chi connectivity index (χ4n) is 15.7. The lowest BCUT2D eigenvalue weighted by atomic mass is 9.77. The van der Waals surface area contributed by atoms with Crippen molar-refractivity contribution < 1.29 is 17.6 Å². The average Bonchev–Trinajstić information content (AvgIpc) is 1.49. The summed E-state index contributed by atoms with van der Waals surface area (Å²) in [7, 11) is 1.57. The highest BCUT2D eigenvalue weighted by atomic mass is 35.5. The quantitative estimate of drug-likeness (QED) is 0.0532. The summed E-state index contributed by atoms with van der Waals surface area (Å²) >= 11 is 5.78. The Morgan fingerprint density at radius 2 is 0.989 bits per heavy atom. The molecule has 9 atom stereocenters. The molecule has 0 bridgehead atoms. The van der Waals surface area contributed by atoms with Crippen LogP contribution in [0.5, 0.6) is 0 Å². The minimum absolute atomic E-state index is 0.0365. The summed E-state index contributed by atoms with van der Waals surface area (Å²) < 4.78 is 61.6. The highest BCUT2D eigenvalue weighted by Gasteiger charge is 2.50. The Labute approximate surface area is 538 Å². The molecule has 1 aliphatic carbocycles. The second-order valence-corrected chi connectivity index (χ2v) is 28.4. The van der Waals surface area contributed by atoms with Gasteiger partial charge in [0.2, 0.25) is 17.2 Å². The number of benzene rings is 2. The van der Waals surface area contributed by atoms with Gasteiger partial charge in [-0.2, -0.15) is 29.0 Å². The lowest BCUT2D eigenvalue weighted by Crippen LogP contribution is -2.59. The Morgan fingerprint density at radius 1 is 0.543 bits per heavy atom. The van der Waals surface area contributed by atoms with Crippen LogP contribution in [-0.2, 0) is 7.05 Å². The topological polar surface area (TPSA) is 244 Å². The maximum atomic E-state index is 14.9. The summed E-state index contributed by atoms with van der Waals surface area (Å²) in [6, 6.07) is 12.1. The molecule has 2 aromatic carbocycles. The van der Waals surface area contributed by atoms with Gasteiger partial charge in [0.1, 0.15) is 11.5 Å². The van der Waals surface area contributed by atoms with Gasteiger partial charge >= 0.3 is 5.69 Å². The van der Waals surface area contributed by atoms with Crippen LogP contribution in [0.25, 0.3) is 11.4 Å². The van der Waals surface area contributed by atoms with E-state index in [1.807, 2.05) is 18.2 Å². The van der Waals surface area contributed by atoms with Crippen LogP contribution in [0.1, 0.15) is 150 Å². The summed E-state index contributed by atoms with van der Waals surface area (Å²) in [5.74, 6) is 1.23. The van der Waals surface area contributed by atoms with Crippen LogP contribution in [0.4, 0.5) is 58.3 Å². The first-order chi connectivity index (χ1) is 43.8. The zero-order valence-electron chi connectivity index (χ0n) is 54.3. The van der Waals surface area contributed by atoms with Gasteiger partial charge in [0.15, 0.2) is 40.7 Å². The molecule has 5 N–H and O–H groups in total. The molecule has 11 heterocycles. The number of piperidine rings is 3. The number of anilines is 7. The highest BCUT2D eigenvalue weighted by Crippen LogP contribution is 2.46. The molecule has 7 aromatic rings. The fraction of sp³-hybridized carbons (Fsp3) is 0.594. The first kappa shape index (κ1) is 64.6. The molecule has 5 aromatic heterocycles. The van der Waals surface area contributed by atoms with Crippen LogP contribution >= 0.6 is 11.6 Å². The number of aromatic nitrogens is 14. The molecule has 492 valence electrons. The van der Waals surface area contributed by atoms with Gasteiger partial charge in [-0.05, 0) is 231 Å². The monoisotopic (exact) mass is 1290 g/mol. The van der Waals surface area contributed by atoms with Crippen LogP contribution in [0, 0.1) is 47.9 Å². The maximum absolute atomic E-state index is 14.9. The number of tetrazole rings is 2. The van der Waals surface area contributed by atoms with E-state index >= 15 is 0 Å². The van der Waals surface area contributed by atoms with E-state index in [-0.39, 0.29) is 80.8 Å². The minimum atomic E-state index is -0.506. The predicted molar refractivity (Wildman–Crippen MR) is 345 cm³/mol. The molecule has 14 rings (SSSR count). The SMILES string of the molecule is CC1C(Nc2nc(Cl)ncc2F)CC(C)(C)N2CCCC12.CC1C(Nc2nc(Nc3ccc(C4CC4)c(-n4nnn(C)c4=O)c3)ncc2F)CC(C)(C)N2CCCC12.Cc1nnnn1-c1cc(Nc2ncc(F)c(NC3CC(C)(C)N4CCCC4C3C)n2)ccc1F. The number of fused-ring (bicyclic) bond motifs is 3. The summed E-state index contributed by atoms with van der Waals surface area (Å²) in [6.07, 6.45) is 15.6. The van der Waals surface area contributed by atoms with Crippen molar-refractivity contribution in [2.45, 2.75) is 199 Å². The Bertz CT molecular complexity index is 3860. The number of hydrogen-bond donors (Lipinski definition) is 5. The first-order valence-electron chi connectivity index (χ1n) is 32.4. The molecule has 28 heteroatoms. The number of rotatable bonds is 13. The van der Waals surface area contributed by atoms with Crippen LogP contribution < -0.4 is 32.3 Å². The molecule has 0 spiro atoms. The number of hydrogen-bond acceptors (Lipinski definition) is 20. The molecule has 0 amide bonds. The average molecular weight is 1290 g/mol. The lowest BCUT2D eigenvalue weighted by Gasteiger charge is -2.51. The lowest BCUT2D eigenvalue weighted by molar-refractivity contribution is 0.0163. The number of halogens is 5. The zero-order valence-corrected chi connectivity index (χ0v) is 55.0. The number of nitrogens with one attached hydrogen (secondary N) is 5. The van der Waals surface area contributed by atoms with Crippen molar-refractivity contribution >= 4 is 52.3 Å². The van der Waals surface area contributed by atoms with E-state index < -0.39 is 23.3 Å². The highest BCUT2D eigenvalue weighted by molar-refractivity contribution is 6.28. The Kier molecular flexibility index (Phi) is 18.1. The van der Waals surface area contributed by atoms with Crippen molar-refractivity contribution in [2.24, 2.45) is 24.8 Å². The minimum Gasteiger partial charge on any atom is -0.364 e. The fourth-order valence-corrected chi connectivity index (χ4v) is 15.8. The van der Waals surface area contributed by atoms with E-state index in [0.717, 1.165) is 69.6 Å². The van der Waals surface area contributed by atoms with Crippen LogP contribution in [0.15, 0.2) is 59.8 Å². The zero-order chi connectivity index (χ0) is 65.1. The Morgan fingerprint density at radius 3 is 1.42 bits per heavy atom. The second-order valence-electron chi connectivity index (χ2n) is 28.1. The van der Waals surface area contributed by atoms with E-state index in [2.05, 4.69) is 159 Å². The van der Waals surface area contributed by atoms with E-state index in [0.29, 0.717) is 64.7 Å². The Balaban J connectivity index is 0.000000138.